The molecule has 1 atom stereocenters. The molecule has 0 bridgehead atoms. The first-order chi connectivity index (χ1) is 10.2. The number of carbonyl (C=O) groups excluding carboxylic acids is 1. The van der Waals surface area contributed by atoms with Gasteiger partial charge >= 0.3 is 11.9 Å². The molecule has 1 N–H and O–H groups in total. The Hall–Kier alpha value is -1.93. The van der Waals surface area contributed by atoms with E-state index in [2.05, 4.69) is 4.74 Å². The van der Waals surface area contributed by atoms with E-state index in [-0.39, 0.29) is 30.0 Å². The second kappa shape index (κ2) is 5.69. The van der Waals surface area contributed by atoms with E-state index >= 15 is 0 Å². The van der Waals surface area contributed by atoms with E-state index in [4.69, 9.17) is 0 Å². The molecule has 0 aliphatic carbocycles. The summed E-state index contributed by atoms with van der Waals surface area (Å²) in [5.41, 5.74) is -0.962. The molecule has 0 saturated carbocycles. The van der Waals surface area contributed by atoms with Crippen molar-refractivity contribution in [3.05, 3.63) is 29.8 Å². The second-order valence-corrected chi connectivity index (χ2v) is 7.41. The van der Waals surface area contributed by atoms with Gasteiger partial charge in [0.15, 0.2) is 0 Å². The number of sulfonamides is 1. The molecule has 7 nitrogen and oxygen atoms in total. The number of carboxylic acids is 1. The number of aliphatic carboxylic acids is 1. The van der Waals surface area contributed by atoms with E-state index in [9.17, 15) is 23.1 Å². The van der Waals surface area contributed by atoms with Crippen molar-refractivity contribution in [2.24, 2.45) is 5.41 Å². The molecule has 22 heavy (non-hydrogen) atoms. The molecule has 8 heteroatoms. The van der Waals surface area contributed by atoms with Gasteiger partial charge < -0.3 is 9.84 Å². The Labute approximate surface area is 128 Å². The predicted octanol–water partition coefficient (Wildman–Crippen LogP) is 0.958. The number of carbonyl (C=O) groups is 2. The Morgan fingerprint density at radius 2 is 2.05 bits per heavy atom. The Kier molecular flexibility index (Phi) is 4.25. The number of methoxy groups -OCH3 is 1. The lowest BCUT2D eigenvalue weighted by atomic mass is 9.90. The molecule has 0 amide bonds. The maximum absolute atomic E-state index is 12.6. The van der Waals surface area contributed by atoms with Crippen LogP contribution in [0.1, 0.15) is 23.7 Å². The minimum atomic E-state index is -3.85. The summed E-state index contributed by atoms with van der Waals surface area (Å²) in [6, 6.07) is 5.51. The van der Waals surface area contributed by atoms with Gasteiger partial charge in [-0.1, -0.05) is 6.07 Å². The molecule has 1 aliphatic heterocycles. The topological polar surface area (TPSA) is 101 Å². The first-order valence-electron chi connectivity index (χ1n) is 6.63. The van der Waals surface area contributed by atoms with Crippen LogP contribution < -0.4 is 0 Å². The van der Waals surface area contributed by atoms with Crippen LogP contribution in [0.4, 0.5) is 0 Å². The zero-order chi connectivity index (χ0) is 16.5. The normalized spacial score (nSPS) is 22.5. The number of hydrogen-bond donors (Lipinski definition) is 1. The number of benzene rings is 1. The van der Waals surface area contributed by atoms with Gasteiger partial charge in [-0.3, -0.25) is 4.79 Å². The molecule has 1 fully saturated rings. The van der Waals surface area contributed by atoms with Gasteiger partial charge in [0.25, 0.3) is 0 Å². The Morgan fingerprint density at radius 3 is 2.59 bits per heavy atom. The third-order valence-corrected chi connectivity index (χ3v) is 5.69. The van der Waals surface area contributed by atoms with Crippen molar-refractivity contribution in [1.82, 2.24) is 4.31 Å². The fourth-order valence-electron chi connectivity index (χ4n) is 2.35. The van der Waals surface area contributed by atoms with E-state index in [1.807, 2.05) is 0 Å². The quantitative estimate of drug-likeness (QED) is 0.827. The van der Waals surface area contributed by atoms with E-state index in [1.165, 1.54) is 38.3 Å². The number of nitrogens with zero attached hydrogens (tertiary/aromatic N) is 1. The summed E-state index contributed by atoms with van der Waals surface area (Å²) in [4.78, 5) is 22.7. The van der Waals surface area contributed by atoms with Crippen LogP contribution in [0.2, 0.25) is 0 Å². The van der Waals surface area contributed by atoms with Crippen molar-refractivity contribution in [2.45, 2.75) is 18.2 Å². The van der Waals surface area contributed by atoms with Crippen LogP contribution in [-0.2, 0) is 19.6 Å². The third-order valence-electron chi connectivity index (χ3n) is 3.85. The fourth-order valence-corrected chi connectivity index (χ4v) is 3.96. The van der Waals surface area contributed by atoms with Crippen LogP contribution in [0.25, 0.3) is 0 Å². The molecule has 1 aliphatic rings. The van der Waals surface area contributed by atoms with Crippen LogP contribution in [0.5, 0.6) is 0 Å². The average Bonchev–Trinajstić information content (AvgIpc) is 2.91. The average molecular weight is 327 g/mol. The van der Waals surface area contributed by atoms with Crippen molar-refractivity contribution >= 4 is 22.0 Å². The third kappa shape index (κ3) is 2.84. The van der Waals surface area contributed by atoms with E-state index < -0.39 is 27.4 Å². The van der Waals surface area contributed by atoms with Crippen LogP contribution >= 0.6 is 0 Å². The van der Waals surface area contributed by atoms with E-state index in [0.29, 0.717) is 0 Å². The number of carboxylic acid groups (broad SMARTS) is 1. The standard InChI is InChI=1S/C14H17NO6S/c1-14(13(17)18)6-7-15(9-14)22(19,20)11-5-3-4-10(8-11)12(16)21-2/h3-5,8H,6-7,9H2,1-2H3,(H,17,18). The van der Waals surface area contributed by atoms with Gasteiger partial charge in [0.2, 0.25) is 10.0 Å². The van der Waals surface area contributed by atoms with Crippen molar-refractivity contribution in [3.63, 3.8) is 0 Å². The van der Waals surface area contributed by atoms with Gasteiger partial charge in [-0.05, 0) is 31.5 Å². The highest BCUT2D eigenvalue weighted by atomic mass is 32.2. The summed E-state index contributed by atoms with van der Waals surface area (Å²) in [6.07, 6.45) is 0.248. The summed E-state index contributed by atoms with van der Waals surface area (Å²) >= 11 is 0. The van der Waals surface area contributed by atoms with Gasteiger partial charge in [-0.2, -0.15) is 4.31 Å². The molecule has 0 spiro atoms. The lowest BCUT2D eigenvalue weighted by Crippen LogP contribution is -2.34. The molecule has 2 rings (SSSR count). The molecule has 1 heterocycles. The maximum atomic E-state index is 12.6. The van der Waals surface area contributed by atoms with E-state index in [0.717, 1.165) is 4.31 Å². The summed E-state index contributed by atoms with van der Waals surface area (Å²) in [5.74, 6) is -1.65. The SMILES string of the molecule is COC(=O)c1cccc(S(=O)(=O)N2CCC(C)(C(=O)O)C2)c1. The molecule has 0 aromatic heterocycles. The lowest BCUT2D eigenvalue weighted by molar-refractivity contribution is -0.146. The first kappa shape index (κ1) is 16.4. The van der Waals surface area contributed by atoms with Gasteiger partial charge in [0.05, 0.1) is 23.0 Å². The monoisotopic (exact) mass is 327 g/mol. The number of ether oxygens (including phenoxy) is 1. The molecular weight excluding hydrogens is 310 g/mol. The molecular formula is C14H17NO6S. The fraction of sp³-hybridized carbons (Fsp3) is 0.429. The largest absolute Gasteiger partial charge is 0.481 e. The molecule has 0 radical (unpaired) electrons. The van der Waals surface area contributed by atoms with Crippen LogP contribution in [0.3, 0.4) is 0 Å². The molecule has 1 unspecified atom stereocenters. The van der Waals surface area contributed by atoms with Crippen molar-refractivity contribution < 1.29 is 27.9 Å². The van der Waals surface area contributed by atoms with Crippen LogP contribution in [-0.4, -0.2) is 50.0 Å². The smallest absolute Gasteiger partial charge is 0.337 e. The number of rotatable bonds is 4. The van der Waals surface area contributed by atoms with Crippen molar-refractivity contribution in [1.29, 1.82) is 0 Å². The number of esters is 1. The Balaban J connectivity index is 2.32. The van der Waals surface area contributed by atoms with Crippen molar-refractivity contribution in [2.75, 3.05) is 20.2 Å². The summed E-state index contributed by atoms with van der Waals surface area (Å²) in [7, 11) is -2.63. The van der Waals surface area contributed by atoms with E-state index in [1.54, 1.807) is 0 Å². The Bertz CT molecular complexity index is 714. The van der Waals surface area contributed by atoms with Crippen molar-refractivity contribution in [3.8, 4) is 0 Å². The van der Waals surface area contributed by atoms with Crippen LogP contribution in [0, 0.1) is 5.41 Å². The highest BCUT2D eigenvalue weighted by molar-refractivity contribution is 7.89. The zero-order valence-corrected chi connectivity index (χ0v) is 13.1. The minimum Gasteiger partial charge on any atom is -0.481 e. The molecule has 1 aromatic rings. The Morgan fingerprint density at radius 1 is 1.36 bits per heavy atom. The summed E-state index contributed by atoms with van der Waals surface area (Å²) < 4.78 is 30.9. The summed E-state index contributed by atoms with van der Waals surface area (Å²) in [5, 5.41) is 9.19. The van der Waals surface area contributed by atoms with Crippen LogP contribution in [0.15, 0.2) is 29.2 Å². The molecule has 120 valence electrons. The predicted molar refractivity (Wildman–Crippen MR) is 76.9 cm³/mol. The van der Waals surface area contributed by atoms with Gasteiger partial charge in [-0.25, -0.2) is 13.2 Å². The highest BCUT2D eigenvalue weighted by Gasteiger charge is 2.44. The molecule has 1 aromatic carbocycles. The minimum absolute atomic E-state index is 0.0509. The van der Waals surface area contributed by atoms with Gasteiger partial charge in [0, 0.05) is 13.1 Å². The molecule has 1 saturated heterocycles. The van der Waals surface area contributed by atoms with Gasteiger partial charge in [0.1, 0.15) is 0 Å². The number of hydrogen-bond acceptors (Lipinski definition) is 5. The zero-order valence-electron chi connectivity index (χ0n) is 12.3. The lowest BCUT2D eigenvalue weighted by Gasteiger charge is -2.20. The van der Waals surface area contributed by atoms with Gasteiger partial charge in [-0.15, -0.1) is 0 Å². The summed E-state index contributed by atoms with van der Waals surface area (Å²) in [6.45, 7) is 1.57. The second-order valence-electron chi connectivity index (χ2n) is 5.47. The first-order valence-corrected chi connectivity index (χ1v) is 8.07. The maximum Gasteiger partial charge on any atom is 0.337 e. The highest BCUT2D eigenvalue weighted by Crippen LogP contribution is 2.33.